The smallest absolute Gasteiger partial charge is 0.267 e. The van der Waals surface area contributed by atoms with Gasteiger partial charge in [-0.25, -0.2) is 13.4 Å². The molecule has 3 rings (SSSR count). The van der Waals surface area contributed by atoms with Crippen molar-refractivity contribution in [2.24, 2.45) is 0 Å². The van der Waals surface area contributed by atoms with Gasteiger partial charge >= 0.3 is 0 Å². The van der Waals surface area contributed by atoms with Gasteiger partial charge in [0.25, 0.3) is 10.0 Å². The van der Waals surface area contributed by atoms with E-state index in [-0.39, 0.29) is 15.8 Å². The molecule has 0 aliphatic heterocycles. The summed E-state index contributed by atoms with van der Waals surface area (Å²) in [6.45, 7) is 8.27. The normalized spacial score (nSPS) is 10.9. The van der Waals surface area contributed by atoms with Gasteiger partial charge in [0, 0.05) is 17.0 Å². The molecule has 0 aliphatic rings. The third kappa shape index (κ3) is 5.52. The van der Waals surface area contributed by atoms with Crippen LogP contribution in [0.4, 0.5) is 5.13 Å². The Balaban J connectivity index is 0.00000155. The first-order chi connectivity index (χ1) is 14.3. The number of ether oxygens (including phenoxy) is 2. The van der Waals surface area contributed by atoms with Crippen LogP contribution in [0.25, 0.3) is 11.3 Å². The van der Waals surface area contributed by atoms with Crippen molar-refractivity contribution in [3.63, 3.8) is 0 Å². The van der Waals surface area contributed by atoms with Crippen LogP contribution in [0.1, 0.15) is 39.2 Å². The Labute approximate surface area is 183 Å². The molecule has 162 valence electrons. The maximum absolute atomic E-state index is 12.8. The lowest BCUT2D eigenvalue weighted by atomic mass is 10.0. The molecule has 3 aromatic rings. The van der Waals surface area contributed by atoms with Crippen LogP contribution in [-0.2, 0) is 10.0 Å². The molecule has 0 aliphatic carbocycles. The molecular formula is C22H28N2O4S2. The molecule has 1 aromatic heterocycles. The van der Waals surface area contributed by atoms with Crippen LogP contribution < -0.4 is 14.2 Å². The Morgan fingerprint density at radius 2 is 1.67 bits per heavy atom. The molecule has 1 heterocycles. The summed E-state index contributed by atoms with van der Waals surface area (Å²) in [5.41, 5.74) is 2.89. The molecule has 0 radical (unpaired) electrons. The maximum atomic E-state index is 12.8. The van der Waals surface area contributed by atoms with Crippen molar-refractivity contribution < 1.29 is 17.9 Å². The van der Waals surface area contributed by atoms with E-state index < -0.39 is 10.0 Å². The minimum Gasteiger partial charge on any atom is -0.497 e. The van der Waals surface area contributed by atoms with Gasteiger partial charge in [-0.3, -0.25) is 4.72 Å². The topological polar surface area (TPSA) is 77.5 Å². The van der Waals surface area contributed by atoms with Crippen molar-refractivity contribution in [1.82, 2.24) is 4.98 Å². The number of anilines is 1. The summed E-state index contributed by atoms with van der Waals surface area (Å²) in [5, 5.41) is 2.11. The highest BCUT2D eigenvalue weighted by atomic mass is 32.2. The summed E-state index contributed by atoms with van der Waals surface area (Å²) >= 11 is 1.23. The molecule has 8 heteroatoms. The Morgan fingerprint density at radius 3 is 2.23 bits per heavy atom. The van der Waals surface area contributed by atoms with E-state index >= 15 is 0 Å². The summed E-state index contributed by atoms with van der Waals surface area (Å²) in [6, 6.07) is 12.7. The number of sulfonamides is 1. The van der Waals surface area contributed by atoms with Gasteiger partial charge in [-0.2, -0.15) is 0 Å². The quantitative estimate of drug-likeness (QED) is 0.496. The van der Waals surface area contributed by atoms with E-state index in [1.54, 1.807) is 12.1 Å². The molecule has 0 saturated carbocycles. The monoisotopic (exact) mass is 448 g/mol. The second-order valence-corrected chi connectivity index (χ2v) is 8.95. The summed E-state index contributed by atoms with van der Waals surface area (Å²) in [6.07, 6.45) is 0. The average Bonchev–Trinajstić information content (AvgIpc) is 3.22. The fraction of sp³-hybridized carbons (Fsp3) is 0.318. The molecule has 2 aromatic carbocycles. The van der Waals surface area contributed by atoms with E-state index in [0.29, 0.717) is 11.7 Å². The van der Waals surface area contributed by atoms with E-state index in [4.69, 9.17) is 9.47 Å². The van der Waals surface area contributed by atoms with Gasteiger partial charge in [0.2, 0.25) is 0 Å². The maximum Gasteiger partial charge on any atom is 0.267 e. The molecule has 0 saturated heterocycles. The van der Waals surface area contributed by atoms with Gasteiger partial charge in [-0.15, -0.1) is 11.3 Å². The molecule has 0 atom stereocenters. The van der Waals surface area contributed by atoms with Crippen molar-refractivity contribution in [2.45, 2.75) is 38.5 Å². The number of nitrogens with zero attached hydrogens (tertiary/aromatic N) is 1. The second kappa shape index (κ2) is 10.4. The first kappa shape index (κ1) is 23.7. The zero-order valence-corrected chi connectivity index (χ0v) is 19.7. The van der Waals surface area contributed by atoms with Crippen molar-refractivity contribution in [1.29, 1.82) is 0 Å². The third-order valence-electron chi connectivity index (χ3n) is 4.26. The van der Waals surface area contributed by atoms with Gasteiger partial charge in [0.15, 0.2) is 5.13 Å². The first-order valence-electron chi connectivity index (χ1n) is 9.64. The van der Waals surface area contributed by atoms with Crippen molar-refractivity contribution in [3.8, 4) is 22.8 Å². The fourth-order valence-corrected chi connectivity index (χ4v) is 4.81. The molecule has 0 bridgehead atoms. The predicted molar refractivity (Wildman–Crippen MR) is 123 cm³/mol. The summed E-state index contributed by atoms with van der Waals surface area (Å²) < 4.78 is 38.5. The number of thiazole rings is 1. The van der Waals surface area contributed by atoms with Crippen LogP contribution in [0.5, 0.6) is 11.5 Å². The molecule has 0 fully saturated rings. The molecular weight excluding hydrogens is 420 g/mol. The summed E-state index contributed by atoms with van der Waals surface area (Å²) in [5.74, 6) is 1.10. The number of aromatic nitrogens is 1. The minimum absolute atomic E-state index is 0.00705. The van der Waals surface area contributed by atoms with E-state index in [2.05, 4.69) is 35.7 Å². The molecule has 30 heavy (non-hydrogen) atoms. The van der Waals surface area contributed by atoms with E-state index in [1.165, 1.54) is 37.2 Å². The van der Waals surface area contributed by atoms with Gasteiger partial charge in [0.1, 0.15) is 16.4 Å². The van der Waals surface area contributed by atoms with E-state index in [1.807, 2.05) is 31.4 Å². The highest BCUT2D eigenvalue weighted by molar-refractivity contribution is 7.93. The number of methoxy groups -OCH3 is 2. The zero-order valence-electron chi connectivity index (χ0n) is 18.1. The number of benzene rings is 2. The standard InChI is InChI=1S/C20H22N2O4S2.C2H6/c1-13(2)14-5-7-15(8-6-14)17-12-27-20(21-17)22-28(23,24)19-11-16(25-3)9-10-18(19)26-4;1-2/h5-13H,1-4H3,(H,21,22);1-2H3. The van der Waals surface area contributed by atoms with Crippen LogP contribution in [0.15, 0.2) is 52.7 Å². The van der Waals surface area contributed by atoms with Crippen LogP contribution in [-0.4, -0.2) is 27.6 Å². The summed E-state index contributed by atoms with van der Waals surface area (Å²) in [4.78, 5) is 4.41. The largest absolute Gasteiger partial charge is 0.497 e. The molecule has 0 unspecified atom stereocenters. The number of hydrogen-bond acceptors (Lipinski definition) is 6. The molecule has 0 amide bonds. The Morgan fingerprint density at radius 1 is 1.00 bits per heavy atom. The summed E-state index contributed by atoms with van der Waals surface area (Å²) in [7, 11) is -0.987. The van der Waals surface area contributed by atoms with Crippen molar-refractivity contribution in [3.05, 3.63) is 53.4 Å². The highest BCUT2D eigenvalue weighted by Crippen LogP contribution is 2.32. The van der Waals surface area contributed by atoms with Crippen LogP contribution in [0, 0.1) is 0 Å². The van der Waals surface area contributed by atoms with E-state index in [0.717, 1.165) is 11.3 Å². The fourth-order valence-electron chi connectivity index (χ4n) is 2.66. The third-order valence-corrected chi connectivity index (χ3v) is 6.51. The van der Waals surface area contributed by atoms with Crippen molar-refractivity contribution >= 4 is 26.5 Å². The first-order valence-corrected chi connectivity index (χ1v) is 12.0. The van der Waals surface area contributed by atoms with Crippen LogP contribution in [0.3, 0.4) is 0 Å². The predicted octanol–water partition coefficient (Wildman–Crippen LogP) is 5.78. The highest BCUT2D eigenvalue weighted by Gasteiger charge is 2.22. The number of rotatable bonds is 7. The second-order valence-electron chi connectivity index (χ2n) is 6.44. The van der Waals surface area contributed by atoms with Gasteiger partial charge in [0.05, 0.1) is 19.9 Å². The van der Waals surface area contributed by atoms with E-state index in [9.17, 15) is 8.42 Å². The molecule has 1 N–H and O–H groups in total. The Hall–Kier alpha value is -2.58. The Kier molecular flexibility index (Phi) is 8.25. The van der Waals surface area contributed by atoms with Crippen LogP contribution >= 0.6 is 11.3 Å². The van der Waals surface area contributed by atoms with Crippen molar-refractivity contribution in [2.75, 3.05) is 18.9 Å². The number of nitrogens with one attached hydrogen (secondary N) is 1. The van der Waals surface area contributed by atoms with Gasteiger partial charge in [-0.1, -0.05) is 52.0 Å². The lowest BCUT2D eigenvalue weighted by Gasteiger charge is -2.11. The van der Waals surface area contributed by atoms with Crippen LogP contribution in [0.2, 0.25) is 0 Å². The van der Waals surface area contributed by atoms with Gasteiger partial charge < -0.3 is 9.47 Å². The zero-order chi connectivity index (χ0) is 22.3. The molecule has 0 spiro atoms. The minimum atomic E-state index is -3.88. The Bertz CT molecular complexity index is 1060. The average molecular weight is 449 g/mol. The van der Waals surface area contributed by atoms with Gasteiger partial charge in [-0.05, 0) is 23.6 Å². The lowest BCUT2D eigenvalue weighted by molar-refractivity contribution is 0.392. The lowest BCUT2D eigenvalue weighted by Crippen LogP contribution is -2.14. The molecule has 6 nitrogen and oxygen atoms in total. The SMILES string of the molecule is CC.COc1ccc(OC)c(S(=O)(=O)Nc2nc(-c3ccc(C(C)C)cc3)cs2)c1. The number of hydrogen-bond donors (Lipinski definition) is 1.